The quantitative estimate of drug-likeness (QED) is 0.260. The topological polar surface area (TPSA) is 139 Å². The molecular formula is C27H25F3N4O7S. The number of nitrogens with one attached hydrogen (secondary N) is 2. The Balaban J connectivity index is 1.78. The Kier molecular flexibility index (Phi) is 9.61. The van der Waals surface area contributed by atoms with Gasteiger partial charge in [-0.2, -0.15) is 5.26 Å². The van der Waals surface area contributed by atoms with Crippen LogP contribution in [0.15, 0.2) is 47.5 Å². The maximum Gasteiger partial charge on any atom is 0.303 e. The molecule has 2 aromatic rings. The first-order chi connectivity index (χ1) is 20.0. The van der Waals surface area contributed by atoms with Gasteiger partial charge in [0.1, 0.15) is 24.2 Å². The average molecular weight is 607 g/mol. The van der Waals surface area contributed by atoms with Crippen molar-refractivity contribution in [2.75, 3.05) is 6.61 Å². The summed E-state index contributed by atoms with van der Waals surface area (Å²) in [6.45, 7) is 3.15. The molecule has 2 aliphatic rings. The number of thioether (sulfide) groups is 1. The predicted octanol–water partition coefficient (Wildman–Crippen LogP) is 2.91. The van der Waals surface area contributed by atoms with Crippen LogP contribution in [0.1, 0.15) is 31.9 Å². The van der Waals surface area contributed by atoms with Crippen molar-refractivity contribution in [3.63, 3.8) is 0 Å². The van der Waals surface area contributed by atoms with Crippen molar-refractivity contribution in [3.05, 3.63) is 71.2 Å². The number of carbonyl (C=O) groups excluding carboxylic acids is 3. The fourth-order valence-electron chi connectivity index (χ4n) is 4.41. The van der Waals surface area contributed by atoms with E-state index in [1.165, 1.54) is 25.1 Å². The monoisotopic (exact) mass is 606 g/mol. The summed E-state index contributed by atoms with van der Waals surface area (Å²) in [6.07, 6.45) is -2.12. The lowest BCUT2D eigenvalue weighted by molar-refractivity contribution is -0.218. The van der Waals surface area contributed by atoms with Crippen LogP contribution in [0.25, 0.3) is 5.70 Å². The molecule has 2 N–H and O–H groups in total. The summed E-state index contributed by atoms with van der Waals surface area (Å²) in [7, 11) is 0. The maximum atomic E-state index is 14.0. The summed E-state index contributed by atoms with van der Waals surface area (Å²) >= 11 is 1.10. The number of nitrogens with zero attached hydrogens (tertiary/aromatic N) is 2. The SMILES string of the molecule is CC(=O)OCC1OC(Sc2cccc(C#N)c2)C(OC(C)=O)C(N2C=C(c3cc(F)c(F)c(F)c3)NN2)C1OC(C)=O. The molecule has 0 bridgehead atoms. The first-order valence-electron chi connectivity index (χ1n) is 12.4. The van der Waals surface area contributed by atoms with Gasteiger partial charge in [-0.25, -0.2) is 13.2 Å². The Labute approximate surface area is 242 Å². The normalized spacial score (nSPS) is 23.3. The number of hydrogen-bond acceptors (Lipinski definition) is 12. The van der Waals surface area contributed by atoms with Crippen LogP contribution in [0, 0.1) is 28.8 Å². The number of hydrogen-bond donors (Lipinski definition) is 2. The molecule has 2 aliphatic heterocycles. The number of hydrazine groups is 2. The molecule has 4 rings (SSSR count). The molecule has 0 spiro atoms. The van der Waals surface area contributed by atoms with Gasteiger partial charge in [0.2, 0.25) is 0 Å². The van der Waals surface area contributed by atoms with Crippen molar-refractivity contribution in [2.24, 2.45) is 0 Å². The molecule has 2 heterocycles. The first kappa shape index (κ1) is 30.7. The van der Waals surface area contributed by atoms with Gasteiger partial charge >= 0.3 is 17.9 Å². The van der Waals surface area contributed by atoms with Crippen molar-refractivity contribution in [1.82, 2.24) is 16.0 Å². The molecule has 0 aromatic heterocycles. The molecule has 222 valence electrons. The van der Waals surface area contributed by atoms with Gasteiger partial charge in [-0.15, -0.1) is 5.53 Å². The van der Waals surface area contributed by atoms with Crippen molar-refractivity contribution in [3.8, 4) is 6.07 Å². The van der Waals surface area contributed by atoms with Gasteiger partial charge in [-0.3, -0.25) is 19.4 Å². The van der Waals surface area contributed by atoms with E-state index in [-0.39, 0.29) is 17.9 Å². The molecule has 0 radical (unpaired) electrons. The first-order valence-corrected chi connectivity index (χ1v) is 13.3. The zero-order valence-corrected chi connectivity index (χ0v) is 23.2. The number of rotatable bonds is 8. The lowest BCUT2D eigenvalue weighted by Crippen LogP contribution is -2.67. The molecule has 1 saturated heterocycles. The van der Waals surface area contributed by atoms with Gasteiger partial charge in [-0.05, 0) is 30.3 Å². The molecule has 0 saturated carbocycles. The fourth-order valence-corrected chi connectivity index (χ4v) is 5.58. The highest BCUT2D eigenvalue weighted by molar-refractivity contribution is 7.99. The molecule has 0 aliphatic carbocycles. The highest BCUT2D eigenvalue weighted by Crippen LogP contribution is 2.39. The van der Waals surface area contributed by atoms with Crippen molar-refractivity contribution >= 4 is 35.4 Å². The van der Waals surface area contributed by atoms with E-state index in [2.05, 4.69) is 11.0 Å². The Morgan fingerprint density at radius 3 is 2.31 bits per heavy atom. The third-order valence-corrected chi connectivity index (χ3v) is 7.23. The van der Waals surface area contributed by atoms with Gasteiger partial charge in [0.15, 0.2) is 29.7 Å². The summed E-state index contributed by atoms with van der Waals surface area (Å²) in [5.41, 5.74) is 4.90. The lowest BCUT2D eigenvalue weighted by atomic mass is 9.96. The zero-order valence-electron chi connectivity index (χ0n) is 22.4. The molecular weight excluding hydrogens is 581 g/mol. The number of halogens is 3. The Hall–Kier alpha value is -4.26. The predicted molar refractivity (Wildman–Crippen MR) is 140 cm³/mol. The Morgan fingerprint density at radius 2 is 1.69 bits per heavy atom. The van der Waals surface area contributed by atoms with Gasteiger partial charge in [-0.1, -0.05) is 17.8 Å². The van der Waals surface area contributed by atoms with Gasteiger partial charge in [0.25, 0.3) is 0 Å². The van der Waals surface area contributed by atoms with Gasteiger partial charge in [0.05, 0.1) is 17.3 Å². The number of carbonyl (C=O) groups is 3. The highest BCUT2D eigenvalue weighted by Gasteiger charge is 2.53. The van der Waals surface area contributed by atoms with Crippen molar-refractivity contribution < 1.29 is 46.5 Å². The van der Waals surface area contributed by atoms with Crippen LogP contribution in [0.4, 0.5) is 13.2 Å². The minimum Gasteiger partial charge on any atom is -0.463 e. The van der Waals surface area contributed by atoms with E-state index in [9.17, 15) is 32.8 Å². The van der Waals surface area contributed by atoms with Crippen LogP contribution in [0.3, 0.4) is 0 Å². The van der Waals surface area contributed by atoms with E-state index >= 15 is 0 Å². The molecule has 15 heteroatoms. The van der Waals surface area contributed by atoms with Gasteiger partial charge in [0, 0.05) is 37.4 Å². The summed E-state index contributed by atoms with van der Waals surface area (Å²) in [6, 6.07) is 9.08. The van der Waals surface area contributed by atoms with Crippen LogP contribution < -0.4 is 11.0 Å². The van der Waals surface area contributed by atoms with E-state index in [4.69, 9.17) is 18.9 Å². The minimum atomic E-state index is -1.63. The molecule has 2 aromatic carbocycles. The molecule has 5 atom stereocenters. The minimum absolute atomic E-state index is 0.0581. The largest absolute Gasteiger partial charge is 0.463 e. The van der Waals surface area contributed by atoms with Crippen LogP contribution in [0.2, 0.25) is 0 Å². The average Bonchev–Trinajstić information content (AvgIpc) is 3.41. The fraction of sp³-hybridized carbons (Fsp3) is 0.333. The molecule has 0 amide bonds. The maximum absolute atomic E-state index is 14.0. The molecule has 42 heavy (non-hydrogen) atoms. The number of nitriles is 1. The number of benzene rings is 2. The zero-order chi connectivity index (χ0) is 30.6. The second kappa shape index (κ2) is 13.1. The summed E-state index contributed by atoms with van der Waals surface area (Å²) in [4.78, 5) is 36.7. The van der Waals surface area contributed by atoms with E-state index in [1.807, 2.05) is 6.07 Å². The number of esters is 3. The highest BCUT2D eigenvalue weighted by atomic mass is 32.2. The molecule has 1 fully saturated rings. The van der Waals surface area contributed by atoms with E-state index < -0.39 is 65.1 Å². The van der Waals surface area contributed by atoms with Crippen molar-refractivity contribution in [2.45, 2.75) is 55.5 Å². The van der Waals surface area contributed by atoms with Crippen molar-refractivity contribution in [1.29, 1.82) is 5.26 Å². The van der Waals surface area contributed by atoms with E-state index in [0.29, 0.717) is 10.5 Å². The number of ether oxygens (including phenoxy) is 4. The second-order valence-electron chi connectivity index (χ2n) is 9.18. The van der Waals surface area contributed by atoms with Crippen LogP contribution >= 0.6 is 11.8 Å². The standard InChI is InChI=1S/C27H25F3N4O7S/c1-13(35)38-12-22-25(39-14(2)36)24(34-11-21(32-33-34)17-8-19(28)23(30)20(29)9-17)26(40-15(3)37)27(41-22)42-18-6-4-5-16(7-18)10-31/h4-9,11,22,24-27,32-33H,12H2,1-3H3. The summed E-state index contributed by atoms with van der Waals surface area (Å²) in [5.74, 6) is -6.52. The Bertz CT molecular complexity index is 1430. The molecule has 11 nitrogen and oxygen atoms in total. The lowest BCUT2D eigenvalue weighted by Gasteiger charge is -2.47. The third-order valence-electron chi connectivity index (χ3n) is 6.09. The van der Waals surface area contributed by atoms with Crippen LogP contribution in [0.5, 0.6) is 0 Å². The van der Waals surface area contributed by atoms with Crippen LogP contribution in [-0.4, -0.2) is 59.3 Å². The van der Waals surface area contributed by atoms with Crippen LogP contribution in [-0.2, 0) is 33.3 Å². The molecule has 5 unspecified atom stereocenters. The van der Waals surface area contributed by atoms with E-state index in [0.717, 1.165) is 30.8 Å². The summed E-state index contributed by atoms with van der Waals surface area (Å²) in [5, 5.41) is 10.7. The second-order valence-corrected chi connectivity index (χ2v) is 10.4. The smallest absolute Gasteiger partial charge is 0.303 e. The van der Waals surface area contributed by atoms with Gasteiger partial charge < -0.3 is 24.4 Å². The van der Waals surface area contributed by atoms with E-state index in [1.54, 1.807) is 24.3 Å². The Morgan fingerprint density at radius 1 is 1.02 bits per heavy atom. The summed E-state index contributed by atoms with van der Waals surface area (Å²) < 4.78 is 64.2. The third kappa shape index (κ3) is 7.14.